The van der Waals surface area contributed by atoms with Gasteiger partial charge in [-0.25, -0.2) is 0 Å². The van der Waals surface area contributed by atoms with Crippen LogP contribution in [0.25, 0.3) is 0 Å². The molecular formula is C16H27N3. The van der Waals surface area contributed by atoms with Crippen LogP contribution in [0.1, 0.15) is 18.1 Å². The van der Waals surface area contributed by atoms with Gasteiger partial charge in [-0.3, -0.25) is 0 Å². The monoisotopic (exact) mass is 261 g/mol. The van der Waals surface area contributed by atoms with E-state index in [0.717, 1.165) is 32.0 Å². The number of nitrogens with zero attached hydrogens (tertiary/aromatic N) is 2. The van der Waals surface area contributed by atoms with Crippen molar-refractivity contribution in [1.29, 1.82) is 0 Å². The summed E-state index contributed by atoms with van der Waals surface area (Å²) in [5.41, 5.74) is 9.74. The van der Waals surface area contributed by atoms with E-state index >= 15 is 0 Å². The highest BCUT2D eigenvalue weighted by atomic mass is 15.2. The molecule has 2 unspecified atom stereocenters. The fourth-order valence-corrected chi connectivity index (χ4v) is 3.15. The summed E-state index contributed by atoms with van der Waals surface area (Å²) in [5, 5.41) is 0. The van der Waals surface area contributed by atoms with Crippen LogP contribution in [0.3, 0.4) is 0 Å². The molecule has 1 fully saturated rings. The maximum atomic E-state index is 5.64. The highest BCUT2D eigenvalue weighted by molar-refractivity contribution is 5.52. The SMILES string of the molecule is Cc1cc(N2CC(C)C(N(C)C)C2)ccc1CCN. The molecule has 3 nitrogen and oxygen atoms in total. The second-order valence-electron chi connectivity index (χ2n) is 6.06. The van der Waals surface area contributed by atoms with Crippen LogP contribution in [0.4, 0.5) is 5.69 Å². The maximum Gasteiger partial charge on any atom is 0.0369 e. The number of nitrogens with two attached hydrogens (primary N) is 1. The van der Waals surface area contributed by atoms with E-state index in [0.29, 0.717) is 6.04 Å². The van der Waals surface area contributed by atoms with Crippen LogP contribution < -0.4 is 10.6 Å². The van der Waals surface area contributed by atoms with Crippen LogP contribution >= 0.6 is 0 Å². The molecule has 2 atom stereocenters. The van der Waals surface area contributed by atoms with Crippen LogP contribution in [-0.4, -0.2) is 44.7 Å². The molecule has 1 heterocycles. The van der Waals surface area contributed by atoms with E-state index in [9.17, 15) is 0 Å². The second kappa shape index (κ2) is 5.93. The largest absolute Gasteiger partial charge is 0.370 e. The van der Waals surface area contributed by atoms with Crippen molar-refractivity contribution in [3.8, 4) is 0 Å². The Morgan fingerprint density at radius 3 is 2.58 bits per heavy atom. The number of likely N-dealkylation sites (N-methyl/N-ethyl adjacent to an activating group) is 1. The standard InChI is InChI=1S/C16H27N3/c1-12-9-15(6-5-14(12)7-8-17)19-10-13(2)16(11-19)18(3)4/h5-6,9,13,16H,7-8,10-11,17H2,1-4H3. The molecular weight excluding hydrogens is 234 g/mol. The molecule has 106 valence electrons. The van der Waals surface area contributed by atoms with E-state index in [1.807, 2.05) is 0 Å². The summed E-state index contributed by atoms with van der Waals surface area (Å²) in [6, 6.07) is 7.47. The molecule has 19 heavy (non-hydrogen) atoms. The van der Waals surface area contributed by atoms with Gasteiger partial charge in [0.15, 0.2) is 0 Å². The zero-order valence-electron chi connectivity index (χ0n) is 12.7. The van der Waals surface area contributed by atoms with Gasteiger partial charge in [0, 0.05) is 24.8 Å². The summed E-state index contributed by atoms with van der Waals surface area (Å²) >= 11 is 0. The van der Waals surface area contributed by atoms with Crippen molar-refractivity contribution in [2.75, 3.05) is 38.6 Å². The van der Waals surface area contributed by atoms with E-state index in [1.165, 1.54) is 16.8 Å². The van der Waals surface area contributed by atoms with E-state index in [2.05, 4.69) is 55.9 Å². The van der Waals surface area contributed by atoms with Crippen molar-refractivity contribution in [3.63, 3.8) is 0 Å². The van der Waals surface area contributed by atoms with Crippen LogP contribution in [0.5, 0.6) is 0 Å². The Hall–Kier alpha value is -1.06. The minimum atomic E-state index is 0.657. The molecule has 0 aromatic heterocycles. The van der Waals surface area contributed by atoms with Crippen molar-refractivity contribution in [1.82, 2.24) is 4.90 Å². The summed E-state index contributed by atoms with van der Waals surface area (Å²) in [5.74, 6) is 0.721. The Bertz CT molecular complexity index is 428. The van der Waals surface area contributed by atoms with E-state index < -0.39 is 0 Å². The van der Waals surface area contributed by atoms with Gasteiger partial charge in [0.05, 0.1) is 0 Å². The fourth-order valence-electron chi connectivity index (χ4n) is 3.15. The van der Waals surface area contributed by atoms with Crippen LogP contribution in [0.15, 0.2) is 18.2 Å². The zero-order valence-corrected chi connectivity index (χ0v) is 12.7. The van der Waals surface area contributed by atoms with E-state index in [4.69, 9.17) is 5.73 Å². The minimum absolute atomic E-state index is 0.657. The number of rotatable bonds is 4. The molecule has 3 heteroatoms. The van der Waals surface area contributed by atoms with Crippen molar-refractivity contribution < 1.29 is 0 Å². The number of anilines is 1. The molecule has 1 aromatic carbocycles. The zero-order chi connectivity index (χ0) is 14.0. The lowest BCUT2D eigenvalue weighted by molar-refractivity contribution is 0.266. The molecule has 1 aliphatic rings. The maximum absolute atomic E-state index is 5.64. The van der Waals surface area contributed by atoms with Gasteiger partial charge in [-0.1, -0.05) is 13.0 Å². The van der Waals surface area contributed by atoms with Gasteiger partial charge in [-0.05, 0) is 63.2 Å². The summed E-state index contributed by atoms with van der Waals surface area (Å²) in [7, 11) is 4.36. The van der Waals surface area contributed by atoms with Crippen molar-refractivity contribution in [3.05, 3.63) is 29.3 Å². The number of hydrogen-bond donors (Lipinski definition) is 1. The van der Waals surface area contributed by atoms with Gasteiger partial charge in [-0.2, -0.15) is 0 Å². The normalized spacial score (nSPS) is 23.4. The lowest BCUT2D eigenvalue weighted by Gasteiger charge is -2.23. The molecule has 0 saturated carbocycles. The third kappa shape index (κ3) is 3.10. The predicted molar refractivity (Wildman–Crippen MR) is 82.8 cm³/mol. The smallest absolute Gasteiger partial charge is 0.0369 e. The van der Waals surface area contributed by atoms with Crippen LogP contribution in [0.2, 0.25) is 0 Å². The van der Waals surface area contributed by atoms with Gasteiger partial charge in [0.25, 0.3) is 0 Å². The Kier molecular flexibility index (Phi) is 4.48. The second-order valence-corrected chi connectivity index (χ2v) is 6.06. The van der Waals surface area contributed by atoms with Gasteiger partial charge < -0.3 is 15.5 Å². The topological polar surface area (TPSA) is 32.5 Å². The average Bonchev–Trinajstić information content (AvgIpc) is 2.74. The highest BCUT2D eigenvalue weighted by Gasteiger charge is 2.31. The van der Waals surface area contributed by atoms with Crippen molar-refractivity contribution in [2.45, 2.75) is 26.3 Å². The number of benzene rings is 1. The first kappa shape index (κ1) is 14.4. The van der Waals surface area contributed by atoms with Gasteiger partial charge in [-0.15, -0.1) is 0 Å². The Balaban J connectivity index is 2.13. The first-order valence-electron chi connectivity index (χ1n) is 7.24. The lowest BCUT2D eigenvalue weighted by Crippen LogP contribution is -2.34. The average molecular weight is 261 g/mol. The molecule has 2 N–H and O–H groups in total. The molecule has 0 radical (unpaired) electrons. The quantitative estimate of drug-likeness (QED) is 0.898. The minimum Gasteiger partial charge on any atom is -0.370 e. The Morgan fingerprint density at radius 1 is 1.32 bits per heavy atom. The van der Waals surface area contributed by atoms with Crippen molar-refractivity contribution >= 4 is 5.69 Å². The molecule has 0 bridgehead atoms. The molecule has 2 rings (SSSR count). The summed E-state index contributed by atoms with van der Waals surface area (Å²) in [6.45, 7) is 7.55. The summed E-state index contributed by atoms with van der Waals surface area (Å²) in [4.78, 5) is 4.86. The van der Waals surface area contributed by atoms with Crippen LogP contribution in [0, 0.1) is 12.8 Å². The summed E-state index contributed by atoms with van der Waals surface area (Å²) < 4.78 is 0. The molecule has 1 saturated heterocycles. The Morgan fingerprint density at radius 2 is 2.05 bits per heavy atom. The third-order valence-electron chi connectivity index (χ3n) is 4.34. The predicted octanol–water partition coefficient (Wildman–Crippen LogP) is 1.88. The van der Waals surface area contributed by atoms with Crippen LogP contribution in [-0.2, 0) is 6.42 Å². The molecule has 1 aromatic rings. The van der Waals surface area contributed by atoms with E-state index in [1.54, 1.807) is 0 Å². The third-order valence-corrected chi connectivity index (χ3v) is 4.34. The van der Waals surface area contributed by atoms with Gasteiger partial charge in [0.2, 0.25) is 0 Å². The van der Waals surface area contributed by atoms with Gasteiger partial charge in [0.1, 0.15) is 0 Å². The first-order chi connectivity index (χ1) is 9.02. The van der Waals surface area contributed by atoms with Gasteiger partial charge >= 0.3 is 0 Å². The molecule has 0 spiro atoms. The number of hydrogen-bond acceptors (Lipinski definition) is 3. The lowest BCUT2D eigenvalue weighted by atomic mass is 10.0. The van der Waals surface area contributed by atoms with E-state index in [-0.39, 0.29) is 0 Å². The Labute approximate surface area is 117 Å². The molecule has 0 amide bonds. The first-order valence-corrected chi connectivity index (χ1v) is 7.24. The number of aryl methyl sites for hydroxylation is 1. The van der Waals surface area contributed by atoms with Crippen molar-refractivity contribution in [2.24, 2.45) is 11.7 Å². The molecule has 1 aliphatic heterocycles. The molecule has 0 aliphatic carbocycles. The fraction of sp³-hybridized carbons (Fsp3) is 0.625. The highest BCUT2D eigenvalue weighted by Crippen LogP contribution is 2.27. The summed E-state index contributed by atoms with van der Waals surface area (Å²) in [6.07, 6.45) is 0.975.